The Kier molecular flexibility index (Phi) is 11.3. The standard InChI is InChI=1S/C34H38N2O6/c1-2-3-6-18-28(23-30(37)36-22-13-19-29(36)32(38)35-20-11-12-21-35)31(33(39)41-24-26-14-7-4-8-15-26)34(40)42-25-27-16-9-5-10-17-27/h4-10,13-19,22,28,31H,2-3,11-12,20-21,23-25H2,1H3/b18-6+/t28-/m0/s1. The molecule has 1 aromatic heterocycles. The van der Waals surface area contributed by atoms with Gasteiger partial charge in [-0.2, -0.15) is 0 Å². The molecule has 3 aromatic rings. The van der Waals surface area contributed by atoms with E-state index in [0.717, 1.165) is 30.4 Å². The van der Waals surface area contributed by atoms with E-state index < -0.39 is 29.7 Å². The zero-order chi connectivity index (χ0) is 29.7. The van der Waals surface area contributed by atoms with Gasteiger partial charge in [0.1, 0.15) is 18.9 Å². The van der Waals surface area contributed by atoms with E-state index in [1.807, 2.05) is 73.7 Å². The summed E-state index contributed by atoms with van der Waals surface area (Å²) in [4.78, 5) is 55.6. The Hall–Kier alpha value is -4.46. The highest BCUT2D eigenvalue weighted by atomic mass is 16.6. The van der Waals surface area contributed by atoms with Gasteiger partial charge in [0.25, 0.3) is 5.91 Å². The minimum absolute atomic E-state index is 0.0203. The van der Waals surface area contributed by atoms with Crippen molar-refractivity contribution < 1.29 is 28.7 Å². The van der Waals surface area contributed by atoms with Gasteiger partial charge in [-0.15, -0.1) is 0 Å². The third-order valence-electron chi connectivity index (χ3n) is 7.26. The second kappa shape index (κ2) is 15.5. The fourth-order valence-electron chi connectivity index (χ4n) is 4.97. The number of likely N-dealkylation sites (tertiary alicyclic amines) is 1. The molecule has 1 atom stereocenters. The molecule has 0 radical (unpaired) electrons. The lowest BCUT2D eigenvalue weighted by molar-refractivity contribution is -0.165. The third-order valence-corrected chi connectivity index (χ3v) is 7.26. The predicted molar refractivity (Wildman–Crippen MR) is 158 cm³/mol. The van der Waals surface area contributed by atoms with Gasteiger partial charge in [0.15, 0.2) is 5.92 Å². The average molecular weight is 571 g/mol. The van der Waals surface area contributed by atoms with Crippen LogP contribution in [0.4, 0.5) is 0 Å². The molecule has 0 unspecified atom stereocenters. The van der Waals surface area contributed by atoms with Gasteiger partial charge in [-0.25, -0.2) is 0 Å². The lowest BCUT2D eigenvalue weighted by Crippen LogP contribution is -2.36. The molecule has 4 rings (SSSR count). The maximum Gasteiger partial charge on any atom is 0.321 e. The van der Waals surface area contributed by atoms with Crippen molar-refractivity contribution in [3.8, 4) is 0 Å². The Balaban J connectivity index is 1.58. The second-order valence-corrected chi connectivity index (χ2v) is 10.4. The molecule has 8 heteroatoms. The summed E-state index contributed by atoms with van der Waals surface area (Å²) in [6.45, 7) is 3.29. The molecule has 1 aliphatic rings. The summed E-state index contributed by atoms with van der Waals surface area (Å²) in [7, 11) is 0. The van der Waals surface area contributed by atoms with Crippen molar-refractivity contribution in [1.29, 1.82) is 0 Å². The van der Waals surface area contributed by atoms with Crippen LogP contribution in [0.2, 0.25) is 0 Å². The van der Waals surface area contributed by atoms with Crippen molar-refractivity contribution in [2.45, 2.75) is 52.2 Å². The van der Waals surface area contributed by atoms with Gasteiger partial charge in [0.05, 0.1) is 0 Å². The molecule has 0 bridgehead atoms. The first-order valence-electron chi connectivity index (χ1n) is 14.6. The summed E-state index contributed by atoms with van der Waals surface area (Å²) in [6.07, 6.45) is 8.38. The van der Waals surface area contributed by atoms with E-state index in [0.29, 0.717) is 19.5 Å². The normalized spacial score (nSPS) is 13.8. The second-order valence-electron chi connectivity index (χ2n) is 10.4. The number of benzene rings is 2. The number of ether oxygens (including phenoxy) is 2. The fraction of sp³-hybridized carbons (Fsp3) is 0.353. The summed E-state index contributed by atoms with van der Waals surface area (Å²) in [5.74, 6) is -4.35. The molecule has 1 aliphatic heterocycles. The van der Waals surface area contributed by atoms with Gasteiger partial charge < -0.3 is 14.4 Å². The number of amides is 1. The van der Waals surface area contributed by atoms with Crippen LogP contribution in [0.3, 0.4) is 0 Å². The zero-order valence-electron chi connectivity index (χ0n) is 24.0. The number of carbonyl (C=O) groups is 4. The highest BCUT2D eigenvalue weighted by molar-refractivity contribution is 5.99. The quantitative estimate of drug-likeness (QED) is 0.146. The van der Waals surface area contributed by atoms with Gasteiger partial charge in [-0.05, 0) is 42.5 Å². The van der Waals surface area contributed by atoms with Crippen molar-refractivity contribution in [3.05, 3.63) is 108 Å². The van der Waals surface area contributed by atoms with Crippen molar-refractivity contribution in [3.63, 3.8) is 0 Å². The van der Waals surface area contributed by atoms with Crippen molar-refractivity contribution >= 4 is 23.8 Å². The lowest BCUT2D eigenvalue weighted by Gasteiger charge is -2.23. The molecule has 1 saturated heterocycles. The molecule has 0 saturated carbocycles. The van der Waals surface area contributed by atoms with Gasteiger partial charge in [-0.1, -0.05) is 86.2 Å². The maximum absolute atomic E-state index is 13.7. The van der Waals surface area contributed by atoms with Crippen LogP contribution >= 0.6 is 0 Å². The van der Waals surface area contributed by atoms with Crippen molar-refractivity contribution in [2.24, 2.45) is 11.8 Å². The first-order valence-corrected chi connectivity index (χ1v) is 14.6. The number of hydrogen-bond acceptors (Lipinski definition) is 6. The minimum Gasteiger partial charge on any atom is -0.460 e. The average Bonchev–Trinajstić information content (AvgIpc) is 3.73. The Morgan fingerprint density at radius 2 is 1.38 bits per heavy atom. The number of allylic oxidation sites excluding steroid dienone is 2. The van der Waals surface area contributed by atoms with Crippen LogP contribution in [0.5, 0.6) is 0 Å². The summed E-state index contributed by atoms with van der Waals surface area (Å²) >= 11 is 0. The van der Waals surface area contributed by atoms with E-state index in [1.54, 1.807) is 29.3 Å². The Morgan fingerprint density at radius 1 is 0.810 bits per heavy atom. The largest absolute Gasteiger partial charge is 0.460 e. The van der Waals surface area contributed by atoms with Crippen LogP contribution in [0.1, 0.15) is 65.4 Å². The van der Waals surface area contributed by atoms with Crippen LogP contribution < -0.4 is 0 Å². The molecule has 0 spiro atoms. The first-order chi connectivity index (χ1) is 20.5. The number of nitrogens with zero attached hydrogens (tertiary/aromatic N) is 2. The van der Waals surface area contributed by atoms with E-state index in [2.05, 4.69) is 0 Å². The molecule has 0 aliphatic carbocycles. The number of rotatable bonds is 13. The SMILES string of the molecule is CCC/C=C/[C@@H](CC(=O)n1cccc1C(=O)N1CCCC1)C(C(=O)OCc1ccccc1)C(=O)OCc1ccccc1. The smallest absolute Gasteiger partial charge is 0.321 e. The van der Waals surface area contributed by atoms with Crippen molar-refractivity contribution in [1.82, 2.24) is 9.47 Å². The molecule has 1 fully saturated rings. The van der Waals surface area contributed by atoms with Crippen LogP contribution in [0.25, 0.3) is 0 Å². The molecular formula is C34H38N2O6. The van der Waals surface area contributed by atoms with E-state index >= 15 is 0 Å². The fourth-order valence-corrected chi connectivity index (χ4v) is 4.97. The Bertz CT molecular complexity index is 1300. The Morgan fingerprint density at radius 3 is 1.93 bits per heavy atom. The minimum atomic E-state index is -1.37. The number of esters is 2. The number of carbonyl (C=O) groups excluding carboxylic acids is 4. The van der Waals surface area contributed by atoms with Crippen LogP contribution in [0, 0.1) is 11.8 Å². The first kappa shape index (κ1) is 30.5. The number of hydrogen-bond donors (Lipinski definition) is 0. The summed E-state index contributed by atoms with van der Waals surface area (Å²) in [5.41, 5.74) is 1.82. The van der Waals surface area contributed by atoms with Gasteiger partial charge in [-0.3, -0.25) is 23.7 Å². The van der Waals surface area contributed by atoms with Gasteiger partial charge in [0.2, 0.25) is 5.91 Å². The Labute approximate surface area is 246 Å². The predicted octanol–water partition coefficient (Wildman–Crippen LogP) is 5.83. The lowest BCUT2D eigenvalue weighted by atomic mass is 9.88. The molecule has 1 amide bonds. The highest BCUT2D eigenvalue weighted by Crippen LogP contribution is 2.25. The molecular weight excluding hydrogens is 532 g/mol. The summed E-state index contributed by atoms with van der Waals surface area (Å²) in [6, 6.07) is 21.6. The molecule has 8 nitrogen and oxygen atoms in total. The van der Waals surface area contributed by atoms with Gasteiger partial charge in [0, 0.05) is 31.6 Å². The zero-order valence-corrected chi connectivity index (χ0v) is 24.0. The third kappa shape index (κ3) is 8.28. The van der Waals surface area contributed by atoms with Crippen LogP contribution in [-0.2, 0) is 32.3 Å². The van der Waals surface area contributed by atoms with Gasteiger partial charge >= 0.3 is 11.9 Å². The van der Waals surface area contributed by atoms with E-state index in [1.165, 1.54) is 4.57 Å². The van der Waals surface area contributed by atoms with Crippen LogP contribution in [-0.4, -0.2) is 46.3 Å². The van der Waals surface area contributed by atoms with E-state index in [-0.39, 0.29) is 31.2 Å². The van der Waals surface area contributed by atoms with Crippen LogP contribution in [0.15, 0.2) is 91.1 Å². The monoisotopic (exact) mass is 570 g/mol. The summed E-state index contributed by atoms with van der Waals surface area (Å²) in [5, 5.41) is 0. The van der Waals surface area contributed by atoms with E-state index in [9.17, 15) is 19.2 Å². The maximum atomic E-state index is 13.7. The van der Waals surface area contributed by atoms with Crippen molar-refractivity contribution in [2.75, 3.05) is 13.1 Å². The molecule has 220 valence electrons. The molecule has 0 N–H and O–H groups in total. The number of aromatic nitrogens is 1. The van der Waals surface area contributed by atoms with E-state index in [4.69, 9.17) is 9.47 Å². The number of unbranched alkanes of at least 4 members (excludes halogenated alkanes) is 1. The molecule has 42 heavy (non-hydrogen) atoms. The summed E-state index contributed by atoms with van der Waals surface area (Å²) < 4.78 is 12.5. The molecule has 2 heterocycles. The molecule has 2 aromatic carbocycles. The topological polar surface area (TPSA) is 94.9 Å². The highest BCUT2D eigenvalue weighted by Gasteiger charge is 2.38.